The number of nitrogens with zero attached hydrogens (tertiary/aromatic N) is 2. The van der Waals surface area contributed by atoms with E-state index in [1.807, 2.05) is 36.4 Å². The third kappa shape index (κ3) is 7.62. The molecule has 3 aromatic carbocycles. The van der Waals surface area contributed by atoms with Crippen molar-refractivity contribution in [2.24, 2.45) is 0 Å². The largest absolute Gasteiger partial charge is 0.438 e. The molecule has 10 nitrogen and oxygen atoms in total. The van der Waals surface area contributed by atoms with Gasteiger partial charge >= 0.3 is 0 Å². The van der Waals surface area contributed by atoms with E-state index in [1.165, 1.54) is 0 Å². The van der Waals surface area contributed by atoms with Crippen LogP contribution in [0.3, 0.4) is 0 Å². The van der Waals surface area contributed by atoms with Gasteiger partial charge in [-0.15, -0.1) is 0 Å². The highest BCUT2D eigenvalue weighted by atomic mass is 16.5. The Morgan fingerprint density at radius 2 is 1.68 bits per heavy atom. The molecule has 0 unspecified atom stereocenters. The van der Waals surface area contributed by atoms with Crippen LogP contribution in [0, 0.1) is 0 Å². The highest BCUT2D eigenvalue weighted by Gasteiger charge is 2.10. The van der Waals surface area contributed by atoms with Crippen molar-refractivity contribution < 1.29 is 23.7 Å². The van der Waals surface area contributed by atoms with Crippen LogP contribution in [-0.2, 0) is 14.2 Å². The smallest absolute Gasteiger partial charge is 0.251 e. The van der Waals surface area contributed by atoms with Crippen LogP contribution in [0.1, 0.15) is 10.4 Å². The molecule has 0 aliphatic heterocycles. The summed E-state index contributed by atoms with van der Waals surface area (Å²) in [5.74, 6) is 1.14. The van der Waals surface area contributed by atoms with Crippen LogP contribution in [0.5, 0.6) is 11.6 Å². The van der Waals surface area contributed by atoms with E-state index >= 15 is 0 Å². The van der Waals surface area contributed by atoms with Crippen LogP contribution in [-0.4, -0.2) is 62.6 Å². The van der Waals surface area contributed by atoms with Gasteiger partial charge in [0.15, 0.2) is 0 Å². The van der Waals surface area contributed by atoms with Crippen LogP contribution in [0.4, 0.5) is 17.3 Å². The van der Waals surface area contributed by atoms with E-state index in [-0.39, 0.29) is 5.91 Å². The van der Waals surface area contributed by atoms with Crippen molar-refractivity contribution >= 4 is 34.0 Å². The molecule has 0 radical (unpaired) electrons. The minimum atomic E-state index is -0.207. The SMILES string of the molecule is COCCOCCOCCNC(=O)c1cccc(Nc2nccc(Oc3ccc(N)c4ccccc34)n2)c1. The predicted octanol–water partition coefficient (Wildman–Crippen LogP) is 4.16. The Kier molecular flexibility index (Phi) is 9.80. The van der Waals surface area contributed by atoms with Crippen LogP contribution in [0.15, 0.2) is 72.9 Å². The summed E-state index contributed by atoms with van der Waals surface area (Å²) >= 11 is 0. The highest BCUT2D eigenvalue weighted by molar-refractivity contribution is 5.97. The fourth-order valence-corrected chi connectivity index (χ4v) is 3.63. The van der Waals surface area contributed by atoms with Gasteiger partial charge in [0.25, 0.3) is 5.91 Å². The summed E-state index contributed by atoms with van der Waals surface area (Å²) in [6, 6.07) is 20.1. The standard InChI is InChI=1S/C28H31N5O5/c1-35-15-16-37-18-17-36-14-13-30-27(34)20-5-4-6-21(19-20)32-28-31-12-11-26(33-28)38-25-10-9-24(29)22-7-2-3-8-23(22)25/h2-12,19H,13-18,29H2,1H3,(H,30,34)(H,31,32,33). The topological polar surface area (TPSA) is 130 Å². The number of fused-ring (bicyclic) bond motifs is 1. The van der Waals surface area contributed by atoms with E-state index in [2.05, 4.69) is 20.6 Å². The van der Waals surface area contributed by atoms with Crippen molar-refractivity contribution in [2.75, 3.05) is 57.7 Å². The predicted molar refractivity (Wildman–Crippen MR) is 146 cm³/mol. The number of ether oxygens (including phenoxy) is 4. The molecule has 0 aliphatic rings. The number of nitrogens with one attached hydrogen (secondary N) is 2. The highest BCUT2D eigenvalue weighted by Crippen LogP contribution is 2.32. The Labute approximate surface area is 221 Å². The number of aromatic nitrogens is 2. The molecule has 1 aromatic heterocycles. The molecule has 4 rings (SSSR count). The summed E-state index contributed by atoms with van der Waals surface area (Å²) in [4.78, 5) is 21.3. The molecular formula is C28H31N5O5. The van der Waals surface area contributed by atoms with Gasteiger partial charge < -0.3 is 35.3 Å². The molecule has 4 aromatic rings. The fraction of sp³-hybridized carbons (Fsp3) is 0.250. The number of nitrogen functional groups attached to an aromatic ring is 1. The lowest BCUT2D eigenvalue weighted by atomic mass is 10.1. The summed E-state index contributed by atoms with van der Waals surface area (Å²) in [6.07, 6.45) is 1.60. The number of anilines is 3. The third-order valence-electron chi connectivity index (χ3n) is 5.48. The molecule has 198 valence electrons. The first kappa shape index (κ1) is 26.8. The maximum Gasteiger partial charge on any atom is 0.251 e. The zero-order valence-corrected chi connectivity index (χ0v) is 21.2. The lowest BCUT2D eigenvalue weighted by molar-refractivity contribution is 0.0255. The molecule has 0 bridgehead atoms. The lowest BCUT2D eigenvalue weighted by Crippen LogP contribution is -2.27. The first-order chi connectivity index (χ1) is 18.6. The Morgan fingerprint density at radius 1 is 0.895 bits per heavy atom. The van der Waals surface area contributed by atoms with Crippen molar-refractivity contribution in [1.82, 2.24) is 15.3 Å². The molecule has 0 aliphatic carbocycles. The number of carbonyl (C=O) groups is 1. The van der Waals surface area contributed by atoms with E-state index in [4.69, 9.17) is 24.7 Å². The molecule has 38 heavy (non-hydrogen) atoms. The van der Waals surface area contributed by atoms with Crippen LogP contribution in [0.25, 0.3) is 10.8 Å². The molecule has 0 spiro atoms. The number of hydrogen-bond acceptors (Lipinski definition) is 9. The Bertz CT molecular complexity index is 1350. The Hall–Kier alpha value is -4.25. The first-order valence-electron chi connectivity index (χ1n) is 12.2. The number of methoxy groups -OCH3 is 1. The van der Waals surface area contributed by atoms with E-state index in [9.17, 15) is 4.79 Å². The van der Waals surface area contributed by atoms with Crippen LogP contribution < -0.4 is 21.1 Å². The van der Waals surface area contributed by atoms with Crippen molar-refractivity contribution in [1.29, 1.82) is 0 Å². The van der Waals surface area contributed by atoms with Crippen molar-refractivity contribution in [3.63, 3.8) is 0 Å². The lowest BCUT2D eigenvalue weighted by Gasteiger charge is -2.11. The third-order valence-corrected chi connectivity index (χ3v) is 5.48. The number of hydrogen-bond donors (Lipinski definition) is 3. The molecule has 4 N–H and O–H groups in total. The van der Waals surface area contributed by atoms with Crippen molar-refractivity contribution in [3.05, 3.63) is 78.5 Å². The van der Waals surface area contributed by atoms with Gasteiger partial charge in [0.2, 0.25) is 11.8 Å². The quantitative estimate of drug-likeness (QED) is 0.167. The summed E-state index contributed by atoms with van der Waals surface area (Å²) in [5.41, 5.74) is 7.93. The number of amides is 1. The summed E-state index contributed by atoms with van der Waals surface area (Å²) < 4.78 is 21.7. The maximum atomic E-state index is 12.6. The molecule has 0 atom stereocenters. The second kappa shape index (κ2) is 13.9. The fourth-order valence-electron chi connectivity index (χ4n) is 3.63. The minimum absolute atomic E-state index is 0.207. The van der Waals surface area contributed by atoms with Gasteiger partial charge in [0, 0.05) is 53.6 Å². The van der Waals surface area contributed by atoms with Gasteiger partial charge in [-0.3, -0.25) is 4.79 Å². The molecule has 1 amide bonds. The van der Waals surface area contributed by atoms with Gasteiger partial charge in [-0.05, 0) is 30.3 Å². The number of nitrogens with two attached hydrogens (primary N) is 1. The van der Waals surface area contributed by atoms with Gasteiger partial charge in [0.1, 0.15) is 5.75 Å². The molecule has 10 heteroatoms. The summed E-state index contributed by atoms with van der Waals surface area (Å²) in [7, 11) is 1.63. The normalized spacial score (nSPS) is 10.9. The number of benzene rings is 3. The van der Waals surface area contributed by atoms with Crippen molar-refractivity contribution in [2.45, 2.75) is 0 Å². The van der Waals surface area contributed by atoms with E-state index in [0.29, 0.717) is 74.1 Å². The summed E-state index contributed by atoms with van der Waals surface area (Å²) in [5, 5.41) is 7.77. The summed E-state index contributed by atoms with van der Waals surface area (Å²) in [6.45, 7) is 2.80. The average Bonchev–Trinajstić information content (AvgIpc) is 2.94. The monoisotopic (exact) mass is 517 g/mol. The first-order valence-corrected chi connectivity index (χ1v) is 12.2. The van der Waals surface area contributed by atoms with E-state index < -0.39 is 0 Å². The Balaban J connectivity index is 1.30. The average molecular weight is 518 g/mol. The van der Waals surface area contributed by atoms with Gasteiger partial charge in [-0.25, -0.2) is 4.98 Å². The second-order valence-electron chi connectivity index (χ2n) is 8.20. The minimum Gasteiger partial charge on any atom is -0.438 e. The van der Waals surface area contributed by atoms with Crippen LogP contribution in [0.2, 0.25) is 0 Å². The number of carbonyl (C=O) groups excluding carboxylic acids is 1. The maximum absolute atomic E-state index is 12.6. The van der Waals surface area contributed by atoms with Gasteiger partial charge in [0.05, 0.1) is 33.0 Å². The second-order valence-corrected chi connectivity index (χ2v) is 8.20. The van der Waals surface area contributed by atoms with Crippen molar-refractivity contribution in [3.8, 4) is 11.6 Å². The van der Waals surface area contributed by atoms with E-state index in [1.54, 1.807) is 43.6 Å². The van der Waals surface area contributed by atoms with Crippen LogP contribution >= 0.6 is 0 Å². The molecule has 1 heterocycles. The molecular weight excluding hydrogens is 486 g/mol. The zero-order chi connectivity index (χ0) is 26.6. The molecule has 0 saturated carbocycles. The molecule has 0 saturated heterocycles. The number of rotatable bonds is 14. The van der Waals surface area contributed by atoms with Gasteiger partial charge in [-0.1, -0.05) is 30.3 Å². The van der Waals surface area contributed by atoms with E-state index in [0.717, 1.165) is 10.8 Å². The van der Waals surface area contributed by atoms with Gasteiger partial charge in [-0.2, -0.15) is 4.98 Å². The zero-order valence-electron chi connectivity index (χ0n) is 21.2. The molecule has 0 fully saturated rings. The Morgan fingerprint density at radius 3 is 2.53 bits per heavy atom.